The fourth-order valence-corrected chi connectivity index (χ4v) is 17.0. The van der Waals surface area contributed by atoms with Crippen LogP contribution in [0.5, 0.6) is 11.8 Å². The molecule has 1 aliphatic carbocycles. The Kier molecular flexibility index (Phi) is 13.0. The van der Waals surface area contributed by atoms with Crippen molar-refractivity contribution in [3.63, 3.8) is 0 Å². The predicted molar refractivity (Wildman–Crippen MR) is 298 cm³/mol. The smallest absolute Gasteiger partial charge is 0.394 e. The number of pyridine rings is 2. The highest BCUT2D eigenvalue weighted by Crippen LogP contribution is 2.60. The largest absolute Gasteiger partial charge is 0.477 e. The van der Waals surface area contributed by atoms with Gasteiger partial charge in [-0.2, -0.15) is 26.3 Å². The topological polar surface area (TPSA) is 213 Å². The molecule has 0 bridgehead atoms. The van der Waals surface area contributed by atoms with E-state index in [-0.39, 0.29) is 120 Å². The molecule has 3 aliphatic heterocycles. The highest BCUT2D eigenvalue weighted by molar-refractivity contribution is 7.90. The van der Waals surface area contributed by atoms with E-state index in [1.165, 1.54) is 130 Å². The van der Waals surface area contributed by atoms with Gasteiger partial charge in [-0.25, -0.2) is 45.6 Å². The number of halogens is 6. The zero-order chi connectivity index (χ0) is 67.8. The quantitative estimate of drug-likeness (QED) is 0.0606. The molecular formula is C54H64F6N10O8S2Si2. The van der Waals surface area contributed by atoms with E-state index in [1.54, 1.807) is 25.2 Å². The van der Waals surface area contributed by atoms with Gasteiger partial charge in [-0.1, -0.05) is 75.3 Å². The molecule has 7 heterocycles. The molecule has 2 aromatic carbocycles. The molecule has 0 radical (unpaired) electrons. The standard InChI is InChI=1S/2C27H32F3N5O4SSi/c1-19-17-35(41(2,3)18-19)24-21(25(36)33-40(37,38)20-7-5-4-6-8-20)9-10-22(31-24)34-15-11-23(32-34)39-16-14-26(12-13-26)27(28,29)30;1-19-17-26(2,3)34(18-19)24-21(25(36)33-40(37,38)20-7-5-4-6-8-20)9-10-22(31-24)35-12-11-23(32-35)39-13-14-41(15-16-41)27(28,29)30/h4-11,15,19H,12-14,16-18H2,1-3H3,(H,33,36);4-12,19H,13-18H2,1-3H3,(H,33,36)/t2*19-/m10/s1/i1D3,18D2;1D3,17D2. The molecule has 4 aromatic heterocycles. The normalized spacial score (nSPS) is 23.0. The Morgan fingerprint density at radius 2 is 1.21 bits per heavy atom. The van der Waals surface area contributed by atoms with Crippen molar-refractivity contribution in [1.29, 1.82) is 0 Å². The third-order valence-corrected chi connectivity index (χ3v) is 24.2. The van der Waals surface area contributed by atoms with E-state index < -0.39 is 109 Å². The number of nitrogens with zero attached hydrogens (tertiary/aromatic N) is 8. The molecule has 6 aromatic rings. The number of hydrogen-bond acceptors (Lipinski definition) is 14. The number of hydrogen-bond donors (Lipinski definition) is 2. The summed E-state index contributed by atoms with van der Waals surface area (Å²) in [5, 5.41) is 8.46. The number of aromatic nitrogens is 6. The van der Waals surface area contributed by atoms with Gasteiger partial charge in [-0.3, -0.25) is 9.59 Å². The first-order valence-corrected chi connectivity index (χ1v) is 34.3. The zero-order valence-electron chi connectivity index (χ0n) is 54.5. The van der Waals surface area contributed by atoms with Gasteiger partial charge in [0, 0.05) is 56.9 Å². The SMILES string of the molecule is [2H]C([2H])([2H])[C@@H]1CN(c2nc(-n3ccc(OCCC4(C(F)(F)F)CC4)n3)ccc2C(=O)NS(=O)(=O)c2ccccc2)[Si](C)(C)C1([2H])[2H].[2H]C([2H])([2H])[C@@H]1CN(c2nc(-n3ccc(OCC[Si]4(C(F)(F)F)CC4)n3)ccc2C(=O)NS(=O)(=O)c2ccccc2)C(C)(C)C1([2H])[2H]. The molecule has 4 aliphatic rings. The minimum Gasteiger partial charge on any atom is -0.477 e. The molecule has 28 heteroatoms. The van der Waals surface area contributed by atoms with Crippen molar-refractivity contribution in [2.24, 2.45) is 17.3 Å². The predicted octanol–water partition coefficient (Wildman–Crippen LogP) is 10.1. The van der Waals surface area contributed by atoms with Crippen LogP contribution in [0, 0.1) is 17.3 Å². The first-order valence-electron chi connectivity index (χ1n) is 30.7. The van der Waals surface area contributed by atoms with E-state index in [2.05, 4.69) is 20.2 Å². The van der Waals surface area contributed by atoms with E-state index in [1.807, 2.05) is 9.44 Å². The molecule has 2 N–H and O–H groups in total. The lowest BCUT2D eigenvalue weighted by Gasteiger charge is -2.34. The maximum Gasteiger partial charge on any atom is 0.394 e. The average molecular weight is 1230 g/mol. The average Bonchev–Trinajstić information content (AvgIpc) is 1.56. The number of sulfonamides is 2. The van der Waals surface area contributed by atoms with Gasteiger partial charge in [0.2, 0.25) is 11.8 Å². The highest BCUT2D eigenvalue weighted by Gasteiger charge is 2.65. The van der Waals surface area contributed by atoms with Crippen LogP contribution in [-0.2, 0) is 20.0 Å². The van der Waals surface area contributed by atoms with Crippen molar-refractivity contribution in [3.8, 4) is 23.4 Å². The number of alkyl halides is 6. The van der Waals surface area contributed by atoms with Crippen LogP contribution in [0.25, 0.3) is 11.6 Å². The first kappa shape index (κ1) is 47.7. The second-order valence-electron chi connectivity index (χ2n) is 21.3. The van der Waals surface area contributed by atoms with Crippen LogP contribution in [0.3, 0.4) is 0 Å². The fourth-order valence-electron chi connectivity index (χ4n) is 9.57. The van der Waals surface area contributed by atoms with Gasteiger partial charge in [0.05, 0.1) is 39.5 Å². The summed E-state index contributed by atoms with van der Waals surface area (Å²) in [6.45, 7) is -0.346. The molecule has 82 heavy (non-hydrogen) atoms. The molecule has 0 spiro atoms. The summed E-state index contributed by atoms with van der Waals surface area (Å²) in [6, 6.07) is 22.7. The van der Waals surface area contributed by atoms with Crippen molar-refractivity contribution in [2.75, 3.05) is 35.8 Å². The summed E-state index contributed by atoms with van der Waals surface area (Å²) in [6.07, 6.45) is -3.89. The van der Waals surface area contributed by atoms with Gasteiger partial charge >= 0.3 is 12.0 Å². The number of nitrogens with one attached hydrogen (secondary N) is 2. The number of carbonyl (C=O) groups is 2. The minimum absolute atomic E-state index is 0.0202. The summed E-state index contributed by atoms with van der Waals surface area (Å²) >= 11 is 0. The van der Waals surface area contributed by atoms with Crippen molar-refractivity contribution < 1.29 is 75.9 Å². The number of anilines is 2. The second kappa shape index (κ2) is 22.4. The lowest BCUT2D eigenvalue weighted by Crippen LogP contribution is -2.45. The number of carbonyl (C=O) groups excluding carboxylic acids is 2. The zero-order valence-corrected chi connectivity index (χ0v) is 48.2. The molecule has 0 unspecified atom stereocenters. The van der Waals surface area contributed by atoms with Gasteiger partial charge in [0.25, 0.3) is 31.9 Å². The van der Waals surface area contributed by atoms with Gasteiger partial charge in [-0.05, 0) is 112 Å². The van der Waals surface area contributed by atoms with Gasteiger partial charge < -0.3 is 18.9 Å². The van der Waals surface area contributed by atoms with Gasteiger partial charge in [-0.15, -0.1) is 10.2 Å². The van der Waals surface area contributed by atoms with E-state index >= 15 is 0 Å². The van der Waals surface area contributed by atoms with Crippen LogP contribution in [-0.4, -0.2) is 118 Å². The number of benzene rings is 2. The molecule has 2 atom stereocenters. The van der Waals surface area contributed by atoms with Crippen molar-refractivity contribution >= 4 is 59.8 Å². The maximum atomic E-state index is 13.5. The lowest BCUT2D eigenvalue weighted by molar-refractivity contribution is -0.190. The Balaban J connectivity index is 0.000000217. The fraction of sp³-hybridized carbons (Fsp3) is 0.444. The van der Waals surface area contributed by atoms with E-state index in [0.717, 1.165) is 0 Å². The first-order chi connectivity index (χ1) is 42.4. The van der Waals surface area contributed by atoms with Gasteiger partial charge in [0.1, 0.15) is 11.6 Å². The Morgan fingerprint density at radius 3 is 1.66 bits per heavy atom. The Morgan fingerprint density at radius 1 is 0.707 bits per heavy atom. The summed E-state index contributed by atoms with van der Waals surface area (Å²) in [7, 11) is -15.4. The number of amides is 2. The van der Waals surface area contributed by atoms with Crippen LogP contribution in [0.2, 0.25) is 37.2 Å². The molecule has 18 nitrogen and oxygen atoms in total. The molecule has 440 valence electrons. The van der Waals surface area contributed by atoms with Crippen molar-refractivity contribution in [2.45, 2.75) is 118 Å². The second-order valence-corrected chi connectivity index (χ2v) is 33.2. The third-order valence-electron chi connectivity index (χ3n) is 14.6. The molecule has 1 saturated carbocycles. The lowest BCUT2D eigenvalue weighted by atomic mass is 9.97. The van der Waals surface area contributed by atoms with Crippen LogP contribution >= 0.6 is 0 Å². The Bertz CT molecular complexity index is 3720. The summed E-state index contributed by atoms with van der Waals surface area (Å²) in [5.41, 5.74) is -3.78. The van der Waals surface area contributed by atoms with Crippen molar-refractivity contribution in [1.82, 2.24) is 39.0 Å². The highest BCUT2D eigenvalue weighted by atomic mass is 32.2. The molecule has 10 rings (SSSR count). The summed E-state index contributed by atoms with van der Waals surface area (Å²) in [4.78, 5) is 37.1. The summed E-state index contributed by atoms with van der Waals surface area (Å²) in [5.74, 6) is -11.5. The number of rotatable bonds is 18. The van der Waals surface area contributed by atoms with Gasteiger partial charge in [0.15, 0.2) is 27.9 Å². The molecule has 3 saturated heterocycles. The van der Waals surface area contributed by atoms with Crippen molar-refractivity contribution in [3.05, 3.63) is 121 Å². The van der Waals surface area contributed by atoms with E-state index in [9.17, 15) is 52.8 Å². The molecule has 2 amide bonds. The molecule has 4 fully saturated rings. The van der Waals surface area contributed by atoms with E-state index in [0.29, 0.717) is 0 Å². The van der Waals surface area contributed by atoms with Crippen LogP contribution in [0.1, 0.15) is 87.6 Å². The molecular weight excluding hydrogens is 1150 g/mol. The number of ether oxygens (including phenoxy) is 2. The van der Waals surface area contributed by atoms with Crippen LogP contribution < -0.4 is 28.4 Å². The maximum absolute atomic E-state index is 13.5. The monoisotopic (exact) mass is 1220 g/mol. The Hall–Kier alpha value is -6.79. The Labute approximate surface area is 487 Å². The minimum atomic E-state index is -4.33. The third kappa shape index (κ3) is 13.0. The van der Waals surface area contributed by atoms with E-state index in [4.69, 9.17) is 23.2 Å². The summed E-state index contributed by atoms with van der Waals surface area (Å²) < 4.78 is 234. The van der Waals surface area contributed by atoms with Crippen LogP contribution in [0.15, 0.2) is 119 Å². The van der Waals surface area contributed by atoms with Crippen LogP contribution in [0.4, 0.5) is 38.0 Å².